The molecular weight excluding hydrogens is 370 g/mol. The van der Waals surface area contributed by atoms with Gasteiger partial charge in [0.05, 0.1) is 16.9 Å². The van der Waals surface area contributed by atoms with E-state index in [-0.39, 0.29) is 16.4 Å². The summed E-state index contributed by atoms with van der Waals surface area (Å²) in [5.74, 6) is 0.0163. The summed E-state index contributed by atoms with van der Waals surface area (Å²) in [5, 5.41) is -0.547. The van der Waals surface area contributed by atoms with E-state index in [1.54, 1.807) is 4.90 Å². The van der Waals surface area contributed by atoms with E-state index in [1.807, 2.05) is 42.5 Å². The van der Waals surface area contributed by atoms with Gasteiger partial charge in [0, 0.05) is 13.1 Å². The number of amides is 1. The summed E-state index contributed by atoms with van der Waals surface area (Å²) in [4.78, 5) is 14.2. The zero-order valence-electron chi connectivity index (χ0n) is 16.1. The van der Waals surface area contributed by atoms with E-state index >= 15 is 0 Å². The fourth-order valence-corrected chi connectivity index (χ4v) is 6.56. The van der Waals surface area contributed by atoms with Crippen LogP contribution >= 0.6 is 0 Å². The topological polar surface area (TPSA) is 54.5 Å². The number of carbonyl (C=O) groups is 1. The normalized spacial score (nSPS) is 18.6. The largest absolute Gasteiger partial charge is 0.340 e. The SMILES string of the molecule is O=C(Cc1ccc(-c2ccccc2)cc1)N1CC(S(=O)(=O)C2CCCCC2)C1. The first-order chi connectivity index (χ1) is 13.5. The Morgan fingerprint density at radius 1 is 0.821 bits per heavy atom. The molecule has 0 N–H and O–H groups in total. The van der Waals surface area contributed by atoms with Crippen LogP contribution in [0.2, 0.25) is 0 Å². The molecule has 1 amide bonds. The van der Waals surface area contributed by atoms with Crippen molar-refractivity contribution in [2.45, 2.75) is 49.0 Å². The van der Waals surface area contributed by atoms with Crippen LogP contribution in [0, 0.1) is 0 Å². The van der Waals surface area contributed by atoms with Crippen molar-refractivity contribution >= 4 is 15.7 Å². The molecule has 148 valence electrons. The lowest BCUT2D eigenvalue weighted by molar-refractivity contribution is -0.133. The molecule has 1 heterocycles. The lowest BCUT2D eigenvalue weighted by Crippen LogP contribution is -2.59. The number of carbonyl (C=O) groups excluding carboxylic acids is 1. The van der Waals surface area contributed by atoms with Gasteiger partial charge in [-0.2, -0.15) is 0 Å². The Balaban J connectivity index is 1.32. The molecule has 4 rings (SSSR count). The maximum absolute atomic E-state index is 12.7. The van der Waals surface area contributed by atoms with Crippen LogP contribution in [0.3, 0.4) is 0 Å². The molecule has 0 atom stereocenters. The smallest absolute Gasteiger partial charge is 0.227 e. The minimum atomic E-state index is -3.09. The minimum Gasteiger partial charge on any atom is -0.340 e. The molecular formula is C23H27NO3S. The van der Waals surface area contributed by atoms with Gasteiger partial charge >= 0.3 is 0 Å². The highest BCUT2D eigenvalue weighted by Gasteiger charge is 2.43. The van der Waals surface area contributed by atoms with Gasteiger partial charge in [0.25, 0.3) is 0 Å². The number of sulfone groups is 1. The van der Waals surface area contributed by atoms with Gasteiger partial charge in [0.2, 0.25) is 5.91 Å². The van der Waals surface area contributed by atoms with E-state index in [9.17, 15) is 13.2 Å². The van der Waals surface area contributed by atoms with Gasteiger partial charge in [-0.1, -0.05) is 73.9 Å². The highest BCUT2D eigenvalue weighted by Crippen LogP contribution is 2.30. The van der Waals surface area contributed by atoms with E-state index < -0.39 is 9.84 Å². The molecule has 5 heteroatoms. The van der Waals surface area contributed by atoms with Crippen molar-refractivity contribution in [3.05, 3.63) is 60.2 Å². The molecule has 2 aliphatic rings. The number of nitrogens with zero attached hydrogens (tertiary/aromatic N) is 1. The standard InChI is InChI=1S/C23H27NO3S/c25-23(15-18-11-13-20(14-12-18)19-7-3-1-4-8-19)24-16-22(17-24)28(26,27)21-9-5-2-6-10-21/h1,3-4,7-8,11-14,21-22H,2,5-6,9-10,15-17H2. The Kier molecular flexibility index (Phi) is 5.54. The lowest BCUT2D eigenvalue weighted by Gasteiger charge is -2.41. The van der Waals surface area contributed by atoms with Crippen molar-refractivity contribution in [3.63, 3.8) is 0 Å². The summed E-state index contributed by atoms with van der Waals surface area (Å²) in [6, 6.07) is 18.2. The van der Waals surface area contributed by atoms with E-state index in [1.165, 1.54) is 0 Å². The number of hydrogen-bond donors (Lipinski definition) is 0. The van der Waals surface area contributed by atoms with E-state index in [4.69, 9.17) is 0 Å². The zero-order valence-corrected chi connectivity index (χ0v) is 16.9. The summed E-state index contributed by atoms with van der Waals surface area (Å²) in [5.41, 5.74) is 3.24. The van der Waals surface area contributed by atoms with Gasteiger partial charge in [-0.3, -0.25) is 4.79 Å². The van der Waals surface area contributed by atoms with Gasteiger partial charge < -0.3 is 4.90 Å². The molecule has 0 bridgehead atoms. The van der Waals surface area contributed by atoms with Crippen LogP contribution in [0.25, 0.3) is 11.1 Å². The monoisotopic (exact) mass is 397 g/mol. The van der Waals surface area contributed by atoms with Crippen LogP contribution < -0.4 is 0 Å². The highest BCUT2D eigenvalue weighted by molar-refractivity contribution is 7.92. The lowest BCUT2D eigenvalue weighted by atomic mass is 10.0. The first kappa shape index (κ1) is 19.2. The summed E-state index contributed by atoms with van der Waals surface area (Å²) in [6.45, 7) is 0.722. The number of benzene rings is 2. The van der Waals surface area contributed by atoms with Gasteiger partial charge in [-0.15, -0.1) is 0 Å². The van der Waals surface area contributed by atoms with Crippen LogP contribution in [0.15, 0.2) is 54.6 Å². The number of rotatable bonds is 5. The van der Waals surface area contributed by atoms with E-state index in [0.717, 1.165) is 48.8 Å². The fourth-order valence-electron chi connectivity index (χ4n) is 4.25. The second-order valence-corrected chi connectivity index (χ2v) is 10.5. The predicted molar refractivity (Wildman–Crippen MR) is 112 cm³/mol. The third-order valence-corrected chi connectivity index (χ3v) is 8.73. The molecule has 1 aliphatic heterocycles. The van der Waals surface area contributed by atoms with E-state index in [2.05, 4.69) is 12.1 Å². The average Bonchev–Trinajstić information content (AvgIpc) is 2.68. The van der Waals surface area contributed by atoms with Crippen LogP contribution in [0.1, 0.15) is 37.7 Å². The van der Waals surface area contributed by atoms with Gasteiger partial charge in [-0.05, 0) is 29.5 Å². The quantitative estimate of drug-likeness (QED) is 0.770. The molecule has 1 saturated carbocycles. The predicted octanol–water partition coefficient (Wildman–Crippen LogP) is 3.85. The molecule has 4 nitrogen and oxygen atoms in total. The Labute approximate surface area is 167 Å². The zero-order chi connectivity index (χ0) is 19.6. The van der Waals surface area contributed by atoms with Crippen LogP contribution in [-0.2, 0) is 21.1 Å². The van der Waals surface area contributed by atoms with Crippen molar-refractivity contribution in [2.75, 3.05) is 13.1 Å². The molecule has 2 aromatic carbocycles. The summed E-state index contributed by atoms with van der Waals surface area (Å²) in [7, 11) is -3.09. The number of hydrogen-bond acceptors (Lipinski definition) is 3. The molecule has 0 radical (unpaired) electrons. The summed E-state index contributed by atoms with van der Waals surface area (Å²) in [6.07, 6.45) is 5.08. The van der Waals surface area contributed by atoms with Gasteiger partial charge in [0.1, 0.15) is 0 Å². The van der Waals surface area contributed by atoms with Crippen molar-refractivity contribution in [3.8, 4) is 11.1 Å². The third-order valence-electron chi connectivity index (χ3n) is 6.10. The van der Waals surface area contributed by atoms with Crippen LogP contribution in [0.4, 0.5) is 0 Å². The maximum Gasteiger partial charge on any atom is 0.227 e. The summed E-state index contributed by atoms with van der Waals surface area (Å²) < 4.78 is 25.5. The molecule has 2 aromatic rings. The molecule has 1 aliphatic carbocycles. The van der Waals surface area contributed by atoms with Gasteiger partial charge in [-0.25, -0.2) is 8.42 Å². The Bertz CT molecular complexity index is 910. The Hall–Kier alpha value is -2.14. The van der Waals surface area contributed by atoms with Crippen molar-refractivity contribution in [2.24, 2.45) is 0 Å². The van der Waals surface area contributed by atoms with Crippen LogP contribution in [-0.4, -0.2) is 42.8 Å². The Morgan fingerprint density at radius 2 is 1.43 bits per heavy atom. The molecule has 0 aromatic heterocycles. The fraction of sp³-hybridized carbons (Fsp3) is 0.435. The minimum absolute atomic E-state index is 0.0163. The van der Waals surface area contributed by atoms with Crippen LogP contribution in [0.5, 0.6) is 0 Å². The second kappa shape index (κ2) is 8.08. The first-order valence-corrected chi connectivity index (χ1v) is 11.8. The molecule has 1 saturated heterocycles. The third kappa shape index (κ3) is 4.00. The molecule has 2 fully saturated rings. The maximum atomic E-state index is 12.7. The van der Waals surface area contributed by atoms with Crippen molar-refractivity contribution in [1.29, 1.82) is 0 Å². The van der Waals surface area contributed by atoms with Crippen molar-refractivity contribution < 1.29 is 13.2 Å². The molecule has 28 heavy (non-hydrogen) atoms. The summed E-state index contributed by atoms with van der Waals surface area (Å²) >= 11 is 0. The van der Waals surface area contributed by atoms with Gasteiger partial charge in [0.15, 0.2) is 9.84 Å². The highest BCUT2D eigenvalue weighted by atomic mass is 32.2. The molecule has 0 unspecified atom stereocenters. The molecule has 0 spiro atoms. The average molecular weight is 398 g/mol. The van der Waals surface area contributed by atoms with E-state index in [0.29, 0.717) is 19.5 Å². The second-order valence-electron chi connectivity index (χ2n) is 8.01. The Morgan fingerprint density at radius 3 is 2.07 bits per heavy atom. The van der Waals surface area contributed by atoms with Crippen molar-refractivity contribution in [1.82, 2.24) is 4.90 Å². The number of likely N-dealkylation sites (tertiary alicyclic amines) is 1. The first-order valence-electron chi connectivity index (χ1n) is 10.2.